The van der Waals surface area contributed by atoms with Crippen LogP contribution in [-0.4, -0.2) is 23.1 Å². The molecule has 0 aromatic heterocycles. The maximum atomic E-state index is 11.6. The number of ether oxygens (including phenoxy) is 1. The Kier molecular flexibility index (Phi) is 3.37. The largest absolute Gasteiger partial charge is 0.466 e. The molecule has 2 heterocycles. The summed E-state index contributed by atoms with van der Waals surface area (Å²) in [4.78, 5) is 11.6. The van der Waals surface area contributed by atoms with Crippen LogP contribution >= 0.6 is 11.8 Å². The molecular weight excluding hydrogens is 196 g/mol. The molecule has 3 heteroatoms. The van der Waals surface area contributed by atoms with Gasteiger partial charge >= 0.3 is 5.97 Å². The molecule has 2 rings (SSSR count). The van der Waals surface area contributed by atoms with E-state index in [4.69, 9.17) is 4.74 Å². The molecule has 2 fully saturated rings. The molecule has 80 valence electrons. The number of carbonyl (C=O) groups excluding carboxylic acids is 1. The average molecular weight is 214 g/mol. The normalized spacial score (nSPS) is 36.5. The number of esters is 1. The number of rotatable bonds is 2. The Bertz CT molecular complexity index is 205. The van der Waals surface area contributed by atoms with E-state index < -0.39 is 0 Å². The zero-order valence-corrected chi connectivity index (χ0v) is 9.52. The molecule has 0 N–H and O–H groups in total. The van der Waals surface area contributed by atoms with Crippen molar-refractivity contribution in [2.75, 3.05) is 6.61 Å². The monoisotopic (exact) mass is 214 g/mol. The third kappa shape index (κ3) is 2.25. The number of thioether (sulfide) groups is 1. The van der Waals surface area contributed by atoms with Gasteiger partial charge in [-0.1, -0.05) is 6.42 Å². The van der Waals surface area contributed by atoms with Gasteiger partial charge in [0.15, 0.2) is 0 Å². The van der Waals surface area contributed by atoms with Gasteiger partial charge in [-0.25, -0.2) is 0 Å². The smallest absolute Gasteiger partial charge is 0.308 e. The van der Waals surface area contributed by atoms with E-state index in [1.165, 1.54) is 19.3 Å². The summed E-state index contributed by atoms with van der Waals surface area (Å²) in [5, 5.41) is 1.47. The molecule has 2 saturated heterocycles. The molecule has 0 saturated carbocycles. The summed E-state index contributed by atoms with van der Waals surface area (Å²) in [7, 11) is 0. The van der Waals surface area contributed by atoms with Crippen molar-refractivity contribution in [2.45, 2.75) is 49.5 Å². The number of carbonyl (C=O) groups is 1. The van der Waals surface area contributed by atoms with Gasteiger partial charge in [-0.05, 0) is 32.6 Å². The predicted octanol–water partition coefficient (Wildman–Crippen LogP) is 2.61. The lowest BCUT2D eigenvalue weighted by Crippen LogP contribution is -2.33. The minimum absolute atomic E-state index is 0.0460. The zero-order valence-electron chi connectivity index (χ0n) is 8.70. The van der Waals surface area contributed by atoms with E-state index in [1.807, 2.05) is 6.92 Å². The Balaban J connectivity index is 1.91. The first-order valence-electron chi connectivity index (χ1n) is 5.61. The van der Waals surface area contributed by atoms with E-state index in [0.717, 1.165) is 23.3 Å². The third-order valence-electron chi connectivity index (χ3n) is 3.15. The summed E-state index contributed by atoms with van der Waals surface area (Å²) < 4.78 is 5.10. The minimum atomic E-state index is 0.0460. The van der Waals surface area contributed by atoms with Gasteiger partial charge in [0, 0.05) is 10.5 Å². The molecule has 0 aromatic carbocycles. The van der Waals surface area contributed by atoms with Crippen LogP contribution in [0.4, 0.5) is 0 Å². The highest BCUT2D eigenvalue weighted by atomic mass is 32.2. The first kappa shape index (κ1) is 10.3. The van der Waals surface area contributed by atoms with Crippen LogP contribution in [0.2, 0.25) is 0 Å². The van der Waals surface area contributed by atoms with Gasteiger partial charge in [-0.3, -0.25) is 4.79 Å². The SMILES string of the molecule is CCOC(=O)C1CC2CCCC(C1)S2. The minimum Gasteiger partial charge on any atom is -0.466 e. The molecule has 2 unspecified atom stereocenters. The predicted molar refractivity (Wildman–Crippen MR) is 58.4 cm³/mol. The lowest BCUT2D eigenvalue weighted by molar-refractivity contribution is -0.148. The first-order valence-corrected chi connectivity index (χ1v) is 6.56. The van der Waals surface area contributed by atoms with Crippen molar-refractivity contribution >= 4 is 17.7 Å². The molecule has 0 radical (unpaired) electrons. The van der Waals surface area contributed by atoms with Gasteiger partial charge in [0.2, 0.25) is 0 Å². The van der Waals surface area contributed by atoms with Crippen molar-refractivity contribution in [1.29, 1.82) is 0 Å². The van der Waals surface area contributed by atoms with Crippen LogP contribution in [0.3, 0.4) is 0 Å². The van der Waals surface area contributed by atoms with Crippen LogP contribution in [0.1, 0.15) is 39.0 Å². The van der Waals surface area contributed by atoms with E-state index in [1.54, 1.807) is 0 Å². The summed E-state index contributed by atoms with van der Waals surface area (Å²) in [6.45, 7) is 2.41. The van der Waals surface area contributed by atoms with Crippen LogP contribution < -0.4 is 0 Å². The van der Waals surface area contributed by atoms with Crippen molar-refractivity contribution in [3.63, 3.8) is 0 Å². The Labute approximate surface area is 89.8 Å². The van der Waals surface area contributed by atoms with Crippen LogP contribution in [0, 0.1) is 5.92 Å². The van der Waals surface area contributed by atoms with Crippen LogP contribution in [0.25, 0.3) is 0 Å². The fourth-order valence-electron chi connectivity index (χ4n) is 2.51. The molecule has 0 spiro atoms. The molecule has 0 aliphatic carbocycles. The fraction of sp³-hybridized carbons (Fsp3) is 0.909. The third-order valence-corrected chi connectivity index (χ3v) is 4.78. The van der Waals surface area contributed by atoms with Gasteiger partial charge in [-0.15, -0.1) is 0 Å². The Hall–Kier alpha value is -0.180. The lowest BCUT2D eigenvalue weighted by atomic mass is 9.89. The van der Waals surface area contributed by atoms with Crippen molar-refractivity contribution < 1.29 is 9.53 Å². The number of fused-ring (bicyclic) bond motifs is 2. The van der Waals surface area contributed by atoms with E-state index in [-0.39, 0.29) is 11.9 Å². The molecule has 2 aliphatic rings. The van der Waals surface area contributed by atoms with Crippen molar-refractivity contribution in [2.24, 2.45) is 5.92 Å². The molecule has 0 aromatic rings. The summed E-state index contributed by atoms with van der Waals surface area (Å²) in [6.07, 6.45) is 6.08. The summed E-state index contributed by atoms with van der Waals surface area (Å²) in [5.74, 6) is 0.246. The van der Waals surface area contributed by atoms with E-state index >= 15 is 0 Å². The topological polar surface area (TPSA) is 26.3 Å². The van der Waals surface area contributed by atoms with Gasteiger partial charge in [0.05, 0.1) is 12.5 Å². The lowest BCUT2D eigenvalue weighted by Gasteiger charge is -2.37. The van der Waals surface area contributed by atoms with Crippen molar-refractivity contribution in [3.05, 3.63) is 0 Å². The van der Waals surface area contributed by atoms with Crippen molar-refractivity contribution in [1.82, 2.24) is 0 Å². The van der Waals surface area contributed by atoms with E-state index in [2.05, 4.69) is 11.8 Å². The van der Waals surface area contributed by atoms with Crippen LogP contribution in [0.15, 0.2) is 0 Å². The molecule has 2 nitrogen and oxygen atoms in total. The highest BCUT2D eigenvalue weighted by molar-refractivity contribution is 8.00. The molecule has 2 atom stereocenters. The number of hydrogen-bond donors (Lipinski definition) is 0. The quantitative estimate of drug-likeness (QED) is 0.661. The van der Waals surface area contributed by atoms with Gasteiger partial charge in [0.25, 0.3) is 0 Å². The second-order valence-electron chi connectivity index (χ2n) is 4.23. The molecule has 2 bridgehead atoms. The highest BCUT2D eigenvalue weighted by Crippen LogP contribution is 2.44. The Morgan fingerprint density at radius 2 is 2.00 bits per heavy atom. The Morgan fingerprint density at radius 1 is 1.36 bits per heavy atom. The maximum Gasteiger partial charge on any atom is 0.308 e. The van der Waals surface area contributed by atoms with E-state index in [9.17, 15) is 4.79 Å². The highest BCUT2D eigenvalue weighted by Gasteiger charge is 2.36. The van der Waals surface area contributed by atoms with Crippen LogP contribution in [-0.2, 0) is 9.53 Å². The standard InChI is InChI=1S/C11H18O2S/c1-2-13-11(12)8-6-9-4-3-5-10(7-8)14-9/h8-10H,2-7H2,1H3. The molecule has 2 aliphatic heterocycles. The van der Waals surface area contributed by atoms with Gasteiger partial charge in [0.1, 0.15) is 0 Å². The summed E-state index contributed by atoms with van der Waals surface area (Å²) in [5.41, 5.74) is 0. The zero-order chi connectivity index (χ0) is 9.97. The molecule has 0 amide bonds. The van der Waals surface area contributed by atoms with Gasteiger partial charge < -0.3 is 4.74 Å². The number of hydrogen-bond acceptors (Lipinski definition) is 3. The second-order valence-corrected chi connectivity index (χ2v) is 5.84. The maximum absolute atomic E-state index is 11.6. The fourth-order valence-corrected chi connectivity index (χ4v) is 4.35. The van der Waals surface area contributed by atoms with E-state index in [0.29, 0.717) is 6.61 Å². The summed E-state index contributed by atoms with van der Waals surface area (Å²) in [6, 6.07) is 0. The van der Waals surface area contributed by atoms with Crippen molar-refractivity contribution in [3.8, 4) is 0 Å². The van der Waals surface area contributed by atoms with Crippen LogP contribution in [0.5, 0.6) is 0 Å². The molecular formula is C11H18O2S. The molecule has 14 heavy (non-hydrogen) atoms. The second kappa shape index (κ2) is 4.56. The van der Waals surface area contributed by atoms with Gasteiger partial charge in [-0.2, -0.15) is 11.8 Å². The Morgan fingerprint density at radius 3 is 2.57 bits per heavy atom. The average Bonchev–Trinajstić information content (AvgIpc) is 2.17. The first-order chi connectivity index (χ1) is 6.79. The summed E-state index contributed by atoms with van der Waals surface area (Å²) >= 11 is 2.10.